The summed E-state index contributed by atoms with van der Waals surface area (Å²) < 4.78 is 5.38. The molecule has 0 saturated carbocycles. The second-order valence-corrected chi connectivity index (χ2v) is 4.50. The van der Waals surface area contributed by atoms with E-state index in [0.29, 0.717) is 0 Å². The molecule has 4 heteroatoms. The van der Waals surface area contributed by atoms with Gasteiger partial charge >= 0.3 is 0 Å². The molecule has 0 aromatic rings. The number of likely N-dealkylation sites (N-methyl/N-ethyl adjacent to an activating group) is 1. The lowest BCUT2D eigenvalue weighted by atomic mass is 10.2. The van der Waals surface area contributed by atoms with E-state index >= 15 is 0 Å². The summed E-state index contributed by atoms with van der Waals surface area (Å²) >= 11 is 0. The van der Waals surface area contributed by atoms with Crippen molar-refractivity contribution < 1.29 is 4.74 Å². The highest BCUT2D eigenvalue weighted by atomic mass is 16.5. The fourth-order valence-corrected chi connectivity index (χ4v) is 2.09. The predicted molar refractivity (Wildman–Crippen MR) is 76.4 cm³/mol. The fourth-order valence-electron chi connectivity index (χ4n) is 2.09. The van der Waals surface area contributed by atoms with Crippen molar-refractivity contribution in [3.8, 4) is 0 Å². The average molecular weight is 253 g/mol. The van der Waals surface area contributed by atoms with Crippen LogP contribution in [0.3, 0.4) is 0 Å². The third-order valence-electron chi connectivity index (χ3n) is 3.28. The van der Waals surface area contributed by atoms with Crippen LogP contribution in [0.4, 0.5) is 0 Å². The first kappa shape index (κ1) is 15.1. The Hall–Kier alpha value is -1.00. The van der Waals surface area contributed by atoms with Gasteiger partial charge in [0.15, 0.2) is 0 Å². The Morgan fingerprint density at radius 1 is 1.44 bits per heavy atom. The van der Waals surface area contributed by atoms with E-state index in [-0.39, 0.29) is 6.10 Å². The lowest BCUT2D eigenvalue weighted by Crippen LogP contribution is -2.42. The van der Waals surface area contributed by atoms with Crippen LogP contribution in [0.1, 0.15) is 20.3 Å². The Morgan fingerprint density at radius 3 is 2.61 bits per heavy atom. The lowest BCUT2D eigenvalue weighted by Gasteiger charge is -2.31. The van der Waals surface area contributed by atoms with E-state index in [9.17, 15) is 0 Å². The van der Waals surface area contributed by atoms with Crippen LogP contribution in [0.15, 0.2) is 23.5 Å². The number of nitrogens with zero attached hydrogens (tertiary/aromatic N) is 1. The molecule has 0 amide bonds. The zero-order chi connectivity index (χ0) is 13.4. The van der Waals surface area contributed by atoms with Gasteiger partial charge in [-0.1, -0.05) is 13.0 Å². The third kappa shape index (κ3) is 4.35. The average Bonchev–Trinajstić information content (AvgIpc) is 2.43. The van der Waals surface area contributed by atoms with Crippen molar-refractivity contribution in [3.05, 3.63) is 23.5 Å². The largest absolute Gasteiger partial charge is 0.389 e. The van der Waals surface area contributed by atoms with Crippen molar-refractivity contribution in [2.75, 3.05) is 40.3 Å². The highest BCUT2D eigenvalue weighted by Gasteiger charge is 2.13. The highest BCUT2D eigenvalue weighted by Crippen LogP contribution is 2.13. The molecule has 1 atom stereocenters. The van der Waals surface area contributed by atoms with E-state index in [0.717, 1.165) is 38.3 Å². The van der Waals surface area contributed by atoms with Gasteiger partial charge in [-0.25, -0.2) is 0 Å². The summed E-state index contributed by atoms with van der Waals surface area (Å²) in [6.45, 7) is 8.49. The molecule has 1 saturated heterocycles. The minimum Gasteiger partial charge on any atom is -0.389 e. The van der Waals surface area contributed by atoms with E-state index in [4.69, 9.17) is 4.74 Å². The van der Waals surface area contributed by atoms with Crippen LogP contribution < -0.4 is 10.6 Å². The Morgan fingerprint density at radius 2 is 2.11 bits per heavy atom. The van der Waals surface area contributed by atoms with Crippen LogP contribution in [0.5, 0.6) is 0 Å². The maximum Gasteiger partial charge on any atom is 0.0938 e. The maximum absolute atomic E-state index is 5.38. The number of rotatable bonds is 6. The Labute approximate surface area is 111 Å². The topological polar surface area (TPSA) is 36.5 Å². The summed E-state index contributed by atoms with van der Waals surface area (Å²) in [5, 5.41) is 6.62. The molecule has 1 heterocycles. The van der Waals surface area contributed by atoms with Gasteiger partial charge < -0.3 is 20.3 Å². The van der Waals surface area contributed by atoms with E-state index in [1.807, 2.05) is 7.05 Å². The third-order valence-corrected chi connectivity index (χ3v) is 3.28. The maximum atomic E-state index is 5.38. The normalized spacial score (nSPS) is 19.9. The fraction of sp³-hybridized carbons (Fsp3) is 0.714. The minimum absolute atomic E-state index is 0.0955. The second kappa shape index (κ2) is 8.16. The van der Waals surface area contributed by atoms with Crippen molar-refractivity contribution >= 4 is 0 Å². The molecule has 0 bridgehead atoms. The molecular formula is C14H27N3O. The van der Waals surface area contributed by atoms with Crippen molar-refractivity contribution in [1.29, 1.82) is 0 Å². The van der Waals surface area contributed by atoms with Crippen LogP contribution in [-0.4, -0.2) is 51.3 Å². The number of allylic oxidation sites excluding steroid dienone is 2. The summed E-state index contributed by atoms with van der Waals surface area (Å²) in [5.74, 6) is 0. The molecule has 18 heavy (non-hydrogen) atoms. The Bertz CT molecular complexity index is 293. The zero-order valence-electron chi connectivity index (χ0n) is 12.1. The van der Waals surface area contributed by atoms with Crippen LogP contribution in [-0.2, 0) is 4.74 Å². The summed E-state index contributed by atoms with van der Waals surface area (Å²) in [6.07, 6.45) is 5.64. The molecule has 0 aromatic heterocycles. The summed E-state index contributed by atoms with van der Waals surface area (Å²) in [5.41, 5.74) is 2.42. The number of methoxy groups -OCH3 is 1. The first-order chi connectivity index (χ1) is 8.72. The van der Waals surface area contributed by atoms with Crippen LogP contribution in [0.2, 0.25) is 0 Å². The Kier molecular flexibility index (Phi) is 6.83. The van der Waals surface area contributed by atoms with Gasteiger partial charge in [-0.3, -0.25) is 0 Å². The molecule has 4 nitrogen and oxygen atoms in total. The van der Waals surface area contributed by atoms with Gasteiger partial charge in [0, 0.05) is 51.7 Å². The number of piperazine rings is 1. The molecule has 0 radical (unpaired) electrons. The van der Waals surface area contributed by atoms with Crippen LogP contribution >= 0.6 is 0 Å². The number of ether oxygens (including phenoxy) is 1. The summed E-state index contributed by atoms with van der Waals surface area (Å²) in [4.78, 5) is 2.43. The van der Waals surface area contributed by atoms with Crippen LogP contribution in [0, 0.1) is 0 Å². The molecule has 0 spiro atoms. The number of hydrogen-bond donors (Lipinski definition) is 2. The molecule has 1 aliphatic rings. The van der Waals surface area contributed by atoms with Gasteiger partial charge in [-0.05, 0) is 19.4 Å². The monoisotopic (exact) mass is 253 g/mol. The van der Waals surface area contributed by atoms with Crippen LogP contribution in [0.25, 0.3) is 0 Å². The van der Waals surface area contributed by atoms with Crippen molar-refractivity contribution in [2.45, 2.75) is 26.4 Å². The van der Waals surface area contributed by atoms with E-state index in [2.05, 4.69) is 41.5 Å². The SMILES string of the molecule is CC/C=C(/C=C(\NC)C(C)OC)N1CCNCC1. The minimum atomic E-state index is 0.0955. The van der Waals surface area contributed by atoms with Gasteiger partial charge in [0.1, 0.15) is 0 Å². The molecule has 2 N–H and O–H groups in total. The van der Waals surface area contributed by atoms with E-state index < -0.39 is 0 Å². The number of nitrogens with one attached hydrogen (secondary N) is 2. The molecule has 1 fully saturated rings. The van der Waals surface area contributed by atoms with Gasteiger partial charge in [0.05, 0.1) is 6.10 Å². The van der Waals surface area contributed by atoms with Gasteiger partial charge in [-0.15, -0.1) is 0 Å². The first-order valence-corrected chi connectivity index (χ1v) is 6.80. The predicted octanol–water partition coefficient (Wildman–Crippen LogP) is 1.32. The Balaban J connectivity index is 2.83. The lowest BCUT2D eigenvalue weighted by molar-refractivity contribution is 0.141. The highest BCUT2D eigenvalue weighted by molar-refractivity contribution is 5.24. The van der Waals surface area contributed by atoms with Gasteiger partial charge in [0.2, 0.25) is 0 Å². The van der Waals surface area contributed by atoms with Crippen molar-refractivity contribution in [1.82, 2.24) is 15.5 Å². The summed E-state index contributed by atoms with van der Waals surface area (Å²) in [6, 6.07) is 0. The van der Waals surface area contributed by atoms with E-state index in [1.54, 1.807) is 7.11 Å². The standard InChI is InChI=1S/C14H27N3O/c1-5-6-13(17-9-7-16-8-10-17)11-14(15-3)12(2)18-4/h6,11-12,15-16H,5,7-10H2,1-4H3/b13-6-,14-11-. The van der Waals surface area contributed by atoms with Gasteiger partial charge in [0.25, 0.3) is 0 Å². The van der Waals surface area contributed by atoms with Crippen molar-refractivity contribution in [3.63, 3.8) is 0 Å². The number of hydrogen-bond acceptors (Lipinski definition) is 4. The second-order valence-electron chi connectivity index (χ2n) is 4.50. The quantitative estimate of drug-likeness (QED) is 0.700. The molecule has 1 aliphatic heterocycles. The van der Waals surface area contributed by atoms with E-state index in [1.165, 1.54) is 5.70 Å². The summed E-state index contributed by atoms with van der Waals surface area (Å²) in [7, 11) is 3.69. The first-order valence-electron chi connectivity index (χ1n) is 6.80. The zero-order valence-corrected chi connectivity index (χ0v) is 12.1. The molecule has 0 aromatic carbocycles. The molecular weight excluding hydrogens is 226 g/mol. The molecule has 0 aliphatic carbocycles. The molecule has 1 unspecified atom stereocenters. The van der Waals surface area contributed by atoms with Gasteiger partial charge in [-0.2, -0.15) is 0 Å². The smallest absolute Gasteiger partial charge is 0.0938 e. The van der Waals surface area contributed by atoms with Crippen molar-refractivity contribution in [2.24, 2.45) is 0 Å². The molecule has 1 rings (SSSR count). The molecule has 104 valence electrons.